The van der Waals surface area contributed by atoms with Crippen molar-refractivity contribution in [3.63, 3.8) is 0 Å². The molecule has 3 aliphatic heterocycles. The molecule has 3 unspecified atom stereocenters. The van der Waals surface area contributed by atoms with E-state index in [4.69, 9.17) is 4.74 Å². The van der Waals surface area contributed by atoms with E-state index in [2.05, 4.69) is 36.0 Å². The highest BCUT2D eigenvalue weighted by Crippen LogP contribution is 2.60. The number of carbonyl (C=O) groups is 3. The first-order chi connectivity index (χ1) is 16.7. The van der Waals surface area contributed by atoms with E-state index in [1.807, 2.05) is 6.92 Å². The van der Waals surface area contributed by atoms with Crippen LogP contribution >= 0.6 is 15.9 Å². The monoisotopic (exact) mass is 553 g/mol. The number of hydrogen-bond donors (Lipinski definition) is 1. The molecule has 1 spiro atoms. The number of hydrogen-bond acceptors (Lipinski definition) is 5. The van der Waals surface area contributed by atoms with Crippen molar-refractivity contribution in [2.45, 2.75) is 74.6 Å². The Morgan fingerprint density at radius 3 is 2.51 bits per heavy atom. The smallest absolute Gasteiger partial charge is 0.248 e. The van der Waals surface area contributed by atoms with E-state index in [1.165, 1.54) is 4.90 Å². The quantitative estimate of drug-likeness (QED) is 0.215. The van der Waals surface area contributed by atoms with E-state index in [9.17, 15) is 19.5 Å². The van der Waals surface area contributed by atoms with Crippen LogP contribution in [0.5, 0.6) is 0 Å². The standard InChI is InChI=1S/C26H40BrN3O5/c1-6-10-11-14-29(13-8-3)25(34)22-26-15-18(27)21(35-26)19(23(32)28(5)12-7-2)20(26)24(33)30(22)17(9-4)16-31/h7-8,17-22,31H,2-3,6,9-16H2,1,4-5H3/t17-,18?,19+,20-,21+,22?,26?/m0/s1. The Kier molecular flexibility index (Phi) is 9.21. The molecule has 0 aromatic heterocycles. The van der Waals surface area contributed by atoms with Gasteiger partial charge in [0.05, 0.1) is 30.6 Å². The summed E-state index contributed by atoms with van der Waals surface area (Å²) >= 11 is 3.69. The van der Waals surface area contributed by atoms with Crippen molar-refractivity contribution >= 4 is 33.7 Å². The SMILES string of the molecule is C=CCN(C)C(=O)[C@H]1[C@@H]2OC3(CC2Br)C(C(=O)N(CC=C)CCCCC)N([C@@H](CC)CO)C(=O)[C@H]13. The molecule has 0 aromatic carbocycles. The van der Waals surface area contributed by atoms with Gasteiger partial charge in [-0.25, -0.2) is 0 Å². The summed E-state index contributed by atoms with van der Waals surface area (Å²) < 4.78 is 6.55. The van der Waals surface area contributed by atoms with E-state index < -0.39 is 35.6 Å². The number of amides is 3. The lowest BCUT2D eigenvalue weighted by Crippen LogP contribution is -2.59. The van der Waals surface area contributed by atoms with Crippen molar-refractivity contribution in [3.05, 3.63) is 25.3 Å². The fraction of sp³-hybridized carbons (Fsp3) is 0.731. The topological polar surface area (TPSA) is 90.4 Å². The first-order valence-corrected chi connectivity index (χ1v) is 13.7. The Balaban J connectivity index is 2.07. The first-order valence-electron chi connectivity index (χ1n) is 12.7. The predicted octanol–water partition coefficient (Wildman–Crippen LogP) is 2.35. The van der Waals surface area contributed by atoms with Gasteiger partial charge in [0.25, 0.3) is 0 Å². The number of likely N-dealkylation sites (N-methyl/N-ethyl adjacent to an activating group) is 1. The number of carbonyl (C=O) groups excluding carboxylic acids is 3. The normalized spacial score (nSPS) is 31.9. The Bertz CT molecular complexity index is 834. The molecule has 1 N–H and O–H groups in total. The molecule has 3 heterocycles. The average molecular weight is 555 g/mol. The molecule has 3 fully saturated rings. The van der Waals surface area contributed by atoms with Gasteiger partial charge in [-0.2, -0.15) is 0 Å². The molecule has 3 rings (SSSR count). The summed E-state index contributed by atoms with van der Waals surface area (Å²) in [6, 6.07) is -1.43. The van der Waals surface area contributed by atoms with Crippen molar-refractivity contribution in [3.8, 4) is 0 Å². The maximum Gasteiger partial charge on any atom is 0.248 e. The molecule has 3 aliphatic rings. The molecule has 35 heavy (non-hydrogen) atoms. The second-order valence-corrected chi connectivity index (χ2v) is 11.1. The molecule has 0 aromatic rings. The van der Waals surface area contributed by atoms with Crippen LogP contribution in [0.25, 0.3) is 0 Å². The minimum Gasteiger partial charge on any atom is -0.394 e. The second-order valence-electron chi connectivity index (χ2n) is 9.94. The van der Waals surface area contributed by atoms with Crippen LogP contribution in [-0.4, -0.2) is 99.4 Å². The van der Waals surface area contributed by atoms with Gasteiger partial charge in [-0.3, -0.25) is 14.4 Å². The summed E-state index contributed by atoms with van der Waals surface area (Å²) in [5.41, 5.74) is -1.12. The van der Waals surface area contributed by atoms with Gasteiger partial charge in [0, 0.05) is 31.5 Å². The van der Waals surface area contributed by atoms with E-state index in [-0.39, 0.29) is 29.2 Å². The number of alkyl halides is 1. The molecular weight excluding hydrogens is 514 g/mol. The van der Waals surface area contributed by atoms with Gasteiger partial charge < -0.3 is 24.5 Å². The van der Waals surface area contributed by atoms with Crippen LogP contribution in [0.1, 0.15) is 46.0 Å². The zero-order valence-corrected chi connectivity index (χ0v) is 22.8. The number of unbranched alkanes of at least 4 members (excludes halogenated alkanes) is 2. The summed E-state index contributed by atoms with van der Waals surface area (Å²) in [4.78, 5) is 46.4. The highest BCUT2D eigenvalue weighted by molar-refractivity contribution is 9.09. The summed E-state index contributed by atoms with van der Waals surface area (Å²) in [7, 11) is 1.69. The van der Waals surface area contributed by atoms with Gasteiger partial charge in [-0.1, -0.05) is 54.8 Å². The van der Waals surface area contributed by atoms with E-state index >= 15 is 0 Å². The van der Waals surface area contributed by atoms with Crippen LogP contribution in [0.3, 0.4) is 0 Å². The number of ether oxygens (including phenoxy) is 1. The Morgan fingerprint density at radius 1 is 1.26 bits per heavy atom. The molecule has 196 valence electrons. The molecule has 0 radical (unpaired) electrons. The third kappa shape index (κ3) is 4.71. The largest absolute Gasteiger partial charge is 0.394 e. The molecule has 0 aliphatic carbocycles. The van der Waals surface area contributed by atoms with Crippen molar-refractivity contribution in [2.24, 2.45) is 11.8 Å². The van der Waals surface area contributed by atoms with Crippen molar-refractivity contribution in [1.82, 2.24) is 14.7 Å². The van der Waals surface area contributed by atoms with Crippen LogP contribution in [-0.2, 0) is 19.1 Å². The van der Waals surface area contributed by atoms with E-state index in [0.717, 1.165) is 19.3 Å². The Labute approximate surface area is 217 Å². The number of rotatable bonds is 13. The number of halogens is 1. The first kappa shape index (κ1) is 27.9. The minimum absolute atomic E-state index is 0.157. The molecule has 3 saturated heterocycles. The lowest BCUT2D eigenvalue weighted by Gasteiger charge is -2.39. The van der Waals surface area contributed by atoms with Crippen LogP contribution in [0, 0.1) is 11.8 Å². The van der Waals surface area contributed by atoms with Crippen LogP contribution in [0.15, 0.2) is 25.3 Å². The molecule has 8 nitrogen and oxygen atoms in total. The molecule has 3 amide bonds. The van der Waals surface area contributed by atoms with Crippen LogP contribution in [0.2, 0.25) is 0 Å². The van der Waals surface area contributed by atoms with Gasteiger partial charge in [0.15, 0.2) is 0 Å². The third-order valence-electron chi connectivity index (χ3n) is 7.79. The summed E-state index contributed by atoms with van der Waals surface area (Å²) in [6.45, 7) is 12.5. The molecule has 9 heteroatoms. The summed E-state index contributed by atoms with van der Waals surface area (Å²) in [6.07, 6.45) is 6.65. The summed E-state index contributed by atoms with van der Waals surface area (Å²) in [5, 5.41) is 10.2. The van der Waals surface area contributed by atoms with E-state index in [0.29, 0.717) is 32.5 Å². The lowest BCUT2D eigenvalue weighted by atomic mass is 9.70. The number of aliphatic hydroxyl groups excluding tert-OH is 1. The third-order valence-corrected chi connectivity index (χ3v) is 8.64. The van der Waals surface area contributed by atoms with Crippen molar-refractivity contribution < 1.29 is 24.2 Å². The summed E-state index contributed by atoms with van der Waals surface area (Å²) in [5.74, 6) is -2.12. The number of likely N-dealkylation sites (tertiary alicyclic amines) is 1. The van der Waals surface area contributed by atoms with E-state index in [1.54, 1.807) is 29.0 Å². The highest BCUT2D eigenvalue weighted by atomic mass is 79.9. The van der Waals surface area contributed by atoms with Crippen LogP contribution in [0.4, 0.5) is 0 Å². The minimum atomic E-state index is -1.12. The van der Waals surface area contributed by atoms with Gasteiger partial charge in [-0.05, 0) is 19.3 Å². The maximum absolute atomic E-state index is 14.2. The molecule has 7 atom stereocenters. The zero-order valence-electron chi connectivity index (χ0n) is 21.2. The maximum atomic E-state index is 14.2. The van der Waals surface area contributed by atoms with Crippen LogP contribution < -0.4 is 0 Å². The Morgan fingerprint density at radius 2 is 1.94 bits per heavy atom. The van der Waals surface area contributed by atoms with Crippen molar-refractivity contribution in [1.29, 1.82) is 0 Å². The Hall–Kier alpha value is -1.71. The van der Waals surface area contributed by atoms with Gasteiger partial charge in [0.2, 0.25) is 17.7 Å². The fourth-order valence-electron chi connectivity index (χ4n) is 6.15. The molecular formula is C26H40BrN3O5. The van der Waals surface area contributed by atoms with Gasteiger partial charge in [0.1, 0.15) is 11.6 Å². The predicted molar refractivity (Wildman–Crippen MR) is 138 cm³/mol. The number of nitrogens with zero attached hydrogens (tertiary/aromatic N) is 3. The lowest BCUT2D eigenvalue weighted by molar-refractivity contribution is -0.151. The second kappa shape index (κ2) is 11.6. The van der Waals surface area contributed by atoms with Crippen molar-refractivity contribution in [2.75, 3.05) is 33.3 Å². The number of fused-ring (bicyclic) bond motifs is 1. The highest BCUT2D eigenvalue weighted by Gasteiger charge is 2.77. The van der Waals surface area contributed by atoms with Gasteiger partial charge in [-0.15, -0.1) is 13.2 Å². The fourth-order valence-corrected chi connectivity index (χ4v) is 7.09. The number of aliphatic hydroxyl groups is 1. The molecule has 2 bridgehead atoms. The van der Waals surface area contributed by atoms with Gasteiger partial charge >= 0.3 is 0 Å². The zero-order chi connectivity index (χ0) is 25.9. The average Bonchev–Trinajstić information content (AvgIpc) is 3.42. The molecule has 0 saturated carbocycles.